The summed E-state index contributed by atoms with van der Waals surface area (Å²) in [5.41, 5.74) is 1.05. The maximum absolute atomic E-state index is 11.3. The van der Waals surface area contributed by atoms with Gasteiger partial charge < -0.3 is 15.7 Å². The van der Waals surface area contributed by atoms with Crippen LogP contribution < -0.4 is 10.6 Å². The first-order chi connectivity index (χ1) is 8.60. The fourth-order valence-electron chi connectivity index (χ4n) is 1.62. The third-order valence-corrected chi connectivity index (χ3v) is 2.50. The summed E-state index contributed by atoms with van der Waals surface area (Å²) in [4.78, 5) is 22.1. The zero-order valence-electron chi connectivity index (χ0n) is 9.18. The molecular weight excluding hydrogens is 234 g/mol. The molecule has 1 aliphatic heterocycles. The molecule has 6 heteroatoms. The van der Waals surface area contributed by atoms with E-state index in [0.717, 1.165) is 0 Å². The highest BCUT2D eigenvalue weighted by molar-refractivity contribution is 5.93. The van der Waals surface area contributed by atoms with E-state index in [1.54, 1.807) is 24.3 Å². The van der Waals surface area contributed by atoms with Crippen molar-refractivity contribution in [1.82, 2.24) is 10.6 Å². The molecular formula is C12H9N3O3. The number of rotatable bonds is 2. The summed E-state index contributed by atoms with van der Waals surface area (Å²) in [6, 6.07) is 7.46. The molecule has 1 atom stereocenters. The minimum atomic E-state index is -1.19. The monoisotopic (exact) mass is 243 g/mol. The highest BCUT2D eigenvalue weighted by Gasteiger charge is 2.22. The van der Waals surface area contributed by atoms with Crippen molar-refractivity contribution in [3.63, 3.8) is 0 Å². The average molecular weight is 243 g/mol. The van der Waals surface area contributed by atoms with Crippen molar-refractivity contribution in [2.75, 3.05) is 0 Å². The second-order valence-electron chi connectivity index (χ2n) is 3.70. The van der Waals surface area contributed by atoms with Crippen LogP contribution in [0.3, 0.4) is 0 Å². The number of carboxylic acid groups (broad SMARTS) is 1. The lowest BCUT2D eigenvalue weighted by Gasteiger charge is -2.22. The first kappa shape index (κ1) is 11.7. The molecule has 0 saturated carbocycles. The molecule has 0 bridgehead atoms. The van der Waals surface area contributed by atoms with Gasteiger partial charge in [-0.1, -0.05) is 12.1 Å². The molecule has 2 amide bonds. The van der Waals surface area contributed by atoms with Crippen molar-refractivity contribution >= 4 is 12.0 Å². The molecule has 0 radical (unpaired) electrons. The van der Waals surface area contributed by atoms with Gasteiger partial charge in [-0.25, -0.2) is 9.59 Å². The maximum atomic E-state index is 11.3. The Balaban J connectivity index is 2.31. The van der Waals surface area contributed by atoms with E-state index in [0.29, 0.717) is 11.1 Å². The second kappa shape index (κ2) is 4.59. The molecule has 0 aromatic heterocycles. The van der Waals surface area contributed by atoms with Gasteiger partial charge in [-0.2, -0.15) is 5.26 Å². The van der Waals surface area contributed by atoms with E-state index in [2.05, 4.69) is 10.6 Å². The summed E-state index contributed by atoms with van der Waals surface area (Å²) in [6.45, 7) is 0. The van der Waals surface area contributed by atoms with Gasteiger partial charge in [0.2, 0.25) is 0 Å². The summed E-state index contributed by atoms with van der Waals surface area (Å²) in [7, 11) is 0. The van der Waals surface area contributed by atoms with Crippen molar-refractivity contribution in [1.29, 1.82) is 5.26 Å². The third-order valence-electron chi connectivity index (χ3n) is 2.50. The number of nitrogens with one attached hydrogen (secondary N) is 2. The molecule has 18 heavy (non-hydrogen) atoms. The Morgan fingerprint density at radius 3 is 2.56 bits per heavy atom. The second-order valence-corrected chi connectivity index (χ2v) is 3.70. The van der Waals surface area contributed by atoms with Crippen molar-refractivity contribution in [3.05, 3.63) is 47.2 Å². The lowest BCUT2D eigenvalue weighted by molar-refractivity contribution is -0.133. The summed E-state index contributed by atoms with van der Waals surface area (Å²) >= 11 is 0. The predicted octanol–water partition coefficient (Wildman–Crippen LogP) is 0.881. The number of carbonyl (C=O) groups excluding carboxylic acids is 1. The molecule has 0 aliphatic carbocycles. The standard InChI is InChI=1S/C12H9N3O3/c13-6-7-1-3-8(4-2-7)9-5-10(11(16)17)15-12(18)14-9/h1-5,9H,(H,16,17)(H2,14,15,18)/t9-/m0/s1. The van der Waals surface area contributed by atoms with Gasteiger partial charge in [-0.05, 0) is 23.8 Å². The highest BCUT2D eigenvalue weighted by atomic mass is 16.4. The van der Waals surface area contributed by atoms with Gasteiger partial charge in [0.25, 0.3) is 0 Å². The quantitative estimate of drug-likeness (QED) is 0.717. The Kier molecular flexibility index (Phi) is 2.98. The lowest BCUT2D eigenvalue weighted by atomic mass is 10.0. The zero-order chi connectivity index (χ0) is 13.1. The Morgan fingerprint density at radius 2 is 2.00 bits per heavy atom. The number of amides is 2. The molecule has 0 unspecified atom stereocenters. The van der Waals surface area contributed by atoms with E-state index in [-0.39, 0.29) is 5.70 Å². The van der Waals surface area contributed by atoms with E-state index in [1.165, 1.54) is 6.08 Å². The van der Waals surface area contributed by atoms with E-state index in [4.69, 9.17) is 10.4 Å². The Labute approximate surface area is 103 Å². The Morgan fingerprint density at radius 1 is 1.33 bits per heavy atom. The minimum Gasteiger partial charge on any atom is -0.477 e. The van der Waals surface area contributed by atoms with Crippen molar-refractivity contribution < 1.29 is 14.7 Å². The Hall–Kier alpha value is -2.81. The molecule has 2 rings (SSSR count). The Bertz CT molecular complexity index is 569. The van der Waals surface area contributed by atoms with Crippen LogP contribution in [0, 0.1) is 11.3 Å². The number of hydrogen-bond donors (Lipinski definition) is 3. The summed E-state index contributed by atoms with van der Waals surface area (Å²) in [6.07, 6.45) is 1.41. The maximum Gasteiger partial charge on any atom is 0.352 e. The summed E-state index contributed by atoms with van der Waals surface area (Å²) < 4.78 is 0. The lowest BCUT2D eigenvalue weighted by Crippen LogP contribution is -2.43. The average Bonchev–Trinajstić information content (AvgIpc) is 2.38. The molecule has 1 aliphatic rings. The number of aliphatic carboxylic acids is 1. The first-order valence-electron chi connectivity index (χ1n) is 5.13. The predicted molar refractivity (Wildman–Crippen MR) is 61.3 cm³/mol. The number of nitriles is 1. The van der Waals surface area contributed by atoms with Gasteiger partial charge in [-0.15, -0.1) is 0 Å². The molecule has 1 heterocycles. The number of carbonyl (C=O) groups is 2. The van der Waals surface area contributed by atoms with Gasteiger partial charge in [0.15, 0.2) is 0 Å². The molecule has 0 fully saturated rings. The summed E-state index contributed by atoms with van der Waals surface area (Å²) in [5, 5.41) is 22.3. The van der Waals surface area contributed by atoms with Crippen molar-refractivity contribution in [2.24, 2.45) is 0 Å². The van der Waals surface area contributed by atoms with Crippen LogP contribution in [0.1, 0.15) is 17.2 Å². The van der Waals surface area contributed by atoms with Gasteiger partial charge in [0, 0.05) is 0 Å². The smallest absolute Gasteiger partial charge is 0.352 e. The molecule has 0 spiro atoms. The van der Waals surface area contributed by atoms with Gasteiger partial charge in [-0.3, -0.25) is 0 Å². The van der Waals surface area contributed by atoms with E-state index >= 15 is 0 Å². The number of carboxylic acids is 1. The number of benzene rings is 1. The van der Waals surface area contributed by atoms with E-state index < -0.39 is 18.0 Å². The molecule has 3 N–H and O–H groups in total. The highest BCUT2D eigenvalue weighted by Crippen LogP contribution is 2.18. The fourth-order valence-corrected chi connectivity index (χ4v) is 1.62. The van der Waals surface area contributed by atoms with Gasteiger partial charge in [0.1, 0.15) is 5.70 Å². The number of urea groups is 1. The minimum absolute atomic E-state index is 0.159. The fraction of sp³-hybridized carbons (Fsp3) is 0.0833. The van der Waals surface area contributed by atoms with Crippen LogP contribution in [-0.4, -0.2) is 17.1 Å². The molecule has 0 saturated heterocycles. The molecule has 90 valence electrons. The van der Waals surface area contributed by atoms with Crippen LogP contribution in [0.4, 0.5) is 4.79 Å². The van der Waals surface area contributed by atoms with Gasteiger partial charge >= 0.3 is 12.0 Å². The number of nitrogens with zero attached hydrogens (tertiary/aromatic N) is 1. The van der Waals surface area contributed by atoms with Crippen LogP contribution in [0.25, 0.3) is 0 Å². The topological polar surface area (TPSA) is 102 Å². The van der Waals surface area contributed by atoms with Crippen molar-refractivity contribution in [3.8, 4) is 6.07 Å². The number of hydrogen-bond acceptors (Lipinski definition) is 3. The summed E-state index contributed by atoms with van der Waals surface area (Å²) in [5.74, 6) is -1.19. The first-order valence-corrected chi connectivity index (χ1v) is 5.13. The van der Waals surface area contributed by atoms with E-state index in [9.17, 15) is 9.59 Å². The van der Waals surface area contributed by atoms with Crippen LogP contribution in [0.15, 0.2) is 36.0 Å². The zero-order valence-corrected chi connectivity index (χ0v) is 9.18. The molecule has 1 aromatic rings. The largest absolute Gasteiger partial charge is 0.477 e. The van der Waals surface area contributed by atoms with Crippen molar-refractivity contribution in [2.45, 2.75) is 6.04 Å². The van der Waals surface area contributed by atoms with Crippen LogP contribution in [-0.2, 0) is 4.79 Å². The SMILES string of the molecule is N#Cc1ccc([C@@H]2C=C(C(=O)O)NC(=O)N2)cc1. The van der Waals surface area contributed by atoms with Gasteiger partial charge in [0.05, 0.1) is 17.7 Å². The van der Waals surface area contributed by atoms with E-state index in [1.807, 2.05) is 6.07 Å². The normalized spacial score (nSPS) is 18.1. The molecule has 6 nitrogen and oxygen atoms in total. The van der Waals surface area contributed by atoms with Crippen LogP contribution in [0.2, 0.25) is 0 Å². The van der Waals surface area contributed by atoms with Crippen LogP contribution in [0.5, 0.6) is 0 Å². The third kappa shape index (κ3) is 2.30. The molecule has 1 aromatic carbocycles. The van der Waals surface area contributed by atoms with Crippen LogP contribution >= 0.6 is 0 Å².